The van der Waals surface area contributed by atoms with Crippen molar-refractivity contribution in [2.24, 2.45) is 5.73 Å². The second kappa shape index (κ2) is 10.6. The molecule has 0 aliphatic heterocycles. The quantitative estimate of drug-likeness (QED) is 0.213. The van der Waals surface area contributed by atoms with Gasteiger partial charge in [0.15, 0.2) is 5.65 Å². The summed E-state index contributed by atoms with van der Waals surface area (Å²) in [7, 11) is 0. The van der Waals surface area contributed by atoms with Crippen LogP contribution < -0.4 is 11.1 Å². The van der Waals surface area contributed by atoms with Crippen LogP contribution in [0.2, 0.25) is 5.02 Å². The maximum Gasteiger partial charge on any atom is 0.417 e. The zero-order valence-electron chi connectivity index (χ0n) is 18.6. The van der Waals surface area contributed by atoms with Crippen molar-refractivity contribution in [1.29, 1.82) is 0 Å². The van der Waals surface area contributed by atoms with Crippen LogP contribution in [0.3, 0.4) is 0 Å². The Bertz CT molecular complexity index is 1320. The Balaban J connectivity index is 1.74. The number of hydrogen-bond acceptors (Lipinski definition) is 5. The number of fused-ring (bicyclic) bond motifs is 1. The van der Waals surface area contributed by atoms with E-state index in [4.69, 9.17) is 17.3 Å². The summed E-state index contributed by atoms with van der Waals surface area (Å²) in [6, 6.07) is 10.1. The van der Waals surface area contributed by atoms with E-state index in [-0.39, 0.29) is 29.7 Å². The van der Waals surface area contributed by atoms with Crippen LogP contribution in [0.4, 0.5) is 23.5 Å². The van der Waals surface area contributed by atoms with Gasteiger partial charge in [0.1, 0.15) is 17.2 Å². The molecule has 0 fully saturated rings. The van der Waals surface area contributed by atoms with Crippen LogP contribution in [0, 0.1) is 5.82 Å². The normalized spacial score (nSPS) is 11.8. The van der Waals surface area contributed by atoms with E-state index in [0.29, 0.717) is 36.2 Å². The fourth-order valence-electron chi connectivity index (χ4n) is 3.75. The minimum atomic E-state index is -4.60. The van der Waals surface area contributed by atoms with Gasteiger partial charge in [0.25, 0.3) is 0 Å². The van der Waals surface area contributed by atoms with E-state index in [2.05, 4.69) is 20.3 Å². The number of nitrogens with zero attached hydrogens (tertiary/aromatic N) is 4. The third-order valence-corrected chi connectivity index (χ3v) is 5.92. The average Bonchev–Trinajstić information content (AvgIpc) is 3.18. The fraction of sp³-hybridized carbons (Fsp3) is 0.292. The lowest BCUT2D eigenvalue weighted by Crippen LogP contribution is -2.09. The molecule has 0 amide bonds. The summed E-state index contributed by atoms with van der Waals surface area (Å²) in [6.45, 7) is 1.15. The van der Waals surface area contributed by atoms with Crippen molar-refractivity contribution in [1.82, 2.24) is 19.5 Å². The third kappa shape index (κ3) is 5.54. The number of hydrogen-bond donors (Lipinski definition) is 2. The molecule has 35 heavy (non-hydrogen) atoms. The Kier molecular flexibility index (Phi) is 7.51. The van der Waals surface area contributed by atoms with Gasteiger partial charge in [-0.1, -0.05) is 42.3 Å². The topological polar surface area (TPSA) is 81.7 Å². The maximum absolute atomic E-state index is 14.0. The number of nitrogens with one attached hydrogen (secondary N) is 1. The van der Waals surface area contributed by atoms with Crippen molar-refractivity contribution >= 4 is 28.7 Å². The number of aromatic nitrogens is 4. The van der Waals surface area contributed by atoms with Gasteiger partial charge >= 0.3 is 6.18 Å². The molecule has 4 aromatic rings. The Morgan fingerprint density at radius 2 is 1.80 bits per heavy atom. The molecule has 3 N–H and O–H groups in total. The van der Waals surface area contributed by atoms with Gasteiger partial charge in [0, 0.05) is 24.2 Å². The predicted octanol–water partition coefficient (Wildman–Crippen LogP) is 6.05. The highest BCUT2D eigenvalue weighted by molar-refractivity contribution is 6.34. The van der Waals surface area contributed by atoms with Crippen LogP contribution >= 0.6 is 11.6 Å². The molecule has 4 rings (SSSR count). The molecule has 0 bridgehead atoms. The van der Waals surface area contributed by atoms with E-state index in [1.165, 1.54) is 24.4 Å². The highest BCUT2D eigenvalue weighted by Gasteiger charge is 2.34. The second-order valence-electron chi connectivity index (χ2n) is 7.95. The van der Waals surface area contributed by atoms with E-state index < -0.39 is 16.8 Å². The molecule has 0 unspecified atom stereocenters. The van der Waals surface area contributed by atoms with Crippen molar-refractivity contribution in [3.8, 4) is 11.4 Å². The van der Waals surface area contributed by atoms with Gasteiger partial charge in [0.05, 0.1) is 16.8 Å². The molecule has 0 atom stereocenters. The summed E-state index contributed by atoms with van der Waals surface area (Å²) in [6.07, 6.45) is -0.761. The van der Waals surface area contributed by atoms with Gasteiger partial charge in [-0.05, 0) is 37.6 Å². The maximum atomic E-state index is 14.0. The summed E-state index contributed by atoms with van der Waals surface area (Å²) in [5.74, 6) is 0.155. The van der Waals surface area contributed by atoms with Gasteiger partial charge in [-0.15, -0.1) is 0 Å². The summed E-state index contributed by atoms with van der Waals surface area (Å²) in [5.41, 5.74) is 6.10. The highest BCUT2D eigenvalue weighted by atomic mass is 35.5. The fourth-order valence-corrected chi connectivity index (χ4v) is 4.07. The van der Waals surface area contributed by atoms with Gasteiger partial charge in [0.2, 0.25) is 5.95 Å². The molecule has 0 spiro atoms. The number of anilines is 1. The van der Waals surface area contributed by atoms with Crippen molar-refractivity contribution < 1.29 is 17.6 Å². The number of aryl methyl sites for hydroxylation is 1. The van der Waals surface area contributed by atoms with Gasteiger partial charge in [-0.25, -0.2) is 14.4 Å². The molecule has 0 saturated carbocycles. The number of rotatable bonds is 9. The number of halogens is 5. The zero-order chi connectivity index (χ0) is 25.0. The Hall–Kier alpha value is -3.24. The molecule has 0 aliphatic rings. The third-order valence-electron chi connectivity index (χ3n) is 5.51. The zero-order valence-corrected chi connectivity index (χ0v) is 19.4. The van der Waals surface area contributed by atoms with Crippen LogP contribution in [0.5, 0.6) is 0 Å². The van der Waals surface area contributed by atoms with E-state index in [1.54, 1.807) is 22.8 Å². The molecule has 11 heteroatoms. The Morgan fingerprint density at radius 3 is 2.54 bits per heavy atom. The van der Waals surface area contributed by atoms with E-state index >= 15 is 0 Å². The molecule has 2 aromatic heterocycles. The van der Waals surface area contributed by atoms with Crippen molar-refractivity contribution in [3.63, 3.8) is 0 Å². The SMILES string of the molecule is NCCCCCn1c(-c2cccc(C(F)(F)F)c2Cl)nc2cnc(NCc3ccccc3F)nc21. The molecule has 0 aliphatic carbocycles. The first-order chi connectivity index (χ1) is 16.8. The van der Waals surface area contributed by atoms with E-state index in [9.17, 15) is 17.6 Å². The van der Waals surface area contributed by atoms with Gasteiger partial charge < -0.3 is 15.6 Å². The minimum absolute atomic E-state index is 0.152. The summed E-state index contributed by atoms with van der Waals surface area (Å²) in [5, 5.41) is 2.57. The molecule has 2 aromatic carbocycles. The molecular weight excluding hydrogens is 484 g/mol. The first-order valence-corrected chi connectivity index (χ1v) is 11.4. The summed E-state index contributed by atoms with van der Waals surface area (Å²) < 4.78 is 56.1. The predicted molar refractivity (Wildman–Crippen MR) is 127 cm³/mol. The molecule has 6 nitrogen and oxygen atoms in total. The van der Waals surface area contributed by atoms with Crippen molar-refractivity contribution in [2.45, 2.75) is 38.5 Å². The molecular formula is C24H23ClF4N6. The summed E-state index contributed by atoms with van der Waals surface area (Å²) in [4.78, 5) is 13.3. The number of benzene rings is 2. The first kappa shape index (κ1) is 24.9. The number of imidazole rings is 1. The molecule has 184 valence electrons. The number of unbranched alkanes of at least 4 members (excludes halogenated alkanes) is 2. The largest absolute Gasteiger partial charge is 0.417 e. The highest BCUT2D eigenvalue weighted by Crippen LogP contribution is 2.40. The standard InChI is InChI=1S/C24H23ClF4N6/c25-20-16(8-6-9-17(20)24(27,28)29)21-33-19-14-32-23(31-13-15-7-2-3-10-18(15)26)34-22(19)35(21)12-5-1-4-11-30/h2-3,6-10,14H,1,4-5,11-13,30H2,(H,31,32,34). The number of alkyl halides is 3. The molecule has 0 radical (unpaired) electrons. The van der Waals surface area contributed by atoms with Crippen LogP contribution in [0.1, 0.15) is 30.4 Å². The van der Waals surface area contributed by atoms with Crippen LogP contribution in [-0.2, 0) is 19.3 Å². The van der Waals surface area contributed by atoms with Crippen LogP contribution in [0.15, 0.2) is 48.7 Å². The van der Waals surface area contributed by atoms with Gasteiger partial charge in [-0.3, -0.25) is 0 Å². The first-order valence-electron chi connectivity index (χ1n) is 11.1. The molecule has 2 heterocycles. The van der Waals surface area contributed by atoms with E-state index in [0.717, 1.165) is 18.9 Å². The van der Waals surface area contributed by atoms with Crippen LogP contribution in [-0.4, -0.2) is 26.1 Å². The lowest BCUT2D eigenvalue weighted by Gasteiger charge is -2.14. The lowest BCUT2D eigenvalue weighted by molar-refractivity contribution is -0.137. The minimum Gasteiger partial charge on any atom is -0.350 e. The number of nitrogens with two attached hydrogens (primary N) is 1. The van der Waals surface area contributed by atoms with Crippen molar-refractivity contribution in [2.75, 3.05) is 11.9 Å². The van der Waals surface area contributed by atoms with E-state index in [1.807, 2.05) is 0 Å². The smallest absolute Gasteiger partial charge is 0.350 e. The Morgan fingerprint density at radius 1 is 1.00 bits per heavy atom. The summed E-state index contributed by atoms with van der Waals surface area (Å²) >= 11 is 6.20. The van der Waals surface area contributed by atoms with Crippen LogP contribution in [0.25, 0.3) is 22.6 Å². The Labute approximate surface area is 204 Å². The second-order valence-corrected chi connectivity index (χ2v) is 8.33. The average molecular weight is 507 g/mol. The van der Waals surface area contributed by atoms with Gasteiger partial charge in [-0.2, -0.15) is 18.2 Å². The molecule has 0 saturated heterocycles. The monoisotopic (exact) mass is 506 g/mol. The van der Waals surface area contributed by atoms with Crippen molar-refractivity contribution in [3.05, 3.63) is 70.6 Å². The lowest BCUT2D eigenvalue weighted by atomic mass is 10.1.